The van der Waals surface area contributed by atoms with E-state index in [0.717, 1.165) is 16.9 Å². The van der Waals surface area contributed by atoms with E-state index in [-0.39, 0.29) is 18.4 Å². The SMILES string of the molecule is CC(=O)NCC(=O)NCc1cn2cccc(C)c2n1. The Labute approximate surface area is 110 Å². The molecule has 100 valence electrons. The summed E-state index contributed by atoms with van der Waals surface area (Å²) in [7, 11) is 0. The summed E-state index contributed by atoms with van der Waals surface area (Å²) in [5.41, 5.74) is 2.75. The number of amides is 2. The van der Waals surface area contributed by atoms with E-state index < -0.39 is 0 Å². The Hall–Kier alpha value is -2.37. The number of hydrogen-bond donors (Lipinski definition) is 2. The van der Waals surface area contributed by atoms with Gasteiger partial charge in [-0.3, -0.25) is 9.59 Å². The fourth-order valence-electron chi connectivity index (χ4n) is 1.75. The third kappa shape index (κ3) is 3.31. The largest absolute Gasteiger partial charge is 0.349 e. The summed E-state index contributed by atoms with van der Waals surface area (Å²) in [6, 6.07) is 3.94. The molecule has 0 saturated heterocycles. The van der Waals surface area contributed by atoms with E-state index in [2.05, 4.69) is 15.6 Å². The monoisotopic (exact) mass is 260 g/mol. The van der Waals surface area contributed by atoms with Crippen molar-refractivity contribution < 1.29 is 9.59 Å². The van der Waals surface area contributed by atoms with Crippen LogP contribution in [0.5, 0.6) is 0 Å². The van der Waals surface area contributed by atoms with Gasteiger partial charge in [0.15, 0.2) is 0 Å². The van der Waals surface area contributed by atoms with Crippen molar-refractivity contribution in [1.29, 1.82) is 0 Å². The van der Waals surface area contributed by atoms with Gasteiger partial charge >= 0.3 is 0 Å². The first-order valence-electron chi connectivity index (χ1n) is 6.00. The van der Waals surface area contributed by atoms with Gasteiger partial charge in [-0.25, -0.2) is 4.98 Å². The average molecular weight is 260 g/mol. The number of fused-ring (bicyclic) bond motifs is 1. The summed E-state index contributed by atoms with van der Waals surface area (Å²) in [5, 5.41) is 5.15. The van der Waals surface area contributed by atoms with E-state index in [0.29, 0.717) is 6.54 Å². The maximum atomic E-state index is 11.4. The Morgan fingerprint density at radius 1 is 1.37 bits per heavy atom. The van der Waals surface area contributed by atoms with Crippen LogP contribution in [-0.4, -0.2) is 27.7 Å². The molecule has 0 saturated carbocycles. The minimum Gasteiger partial charge on any atom is -0.349 e. The zero-order valence-corrected chi connectivity index (χ0v) is 10.9. The van der Waals surface area contributed by atoms with Crippen LogP contribution >= 0.6 is 0 Å². The number of hydrogen-bond acceptors (Lipinski definition) is 3. The first-order chi connectivity index (χ1) is 9.06. The number of carbonyl (C=O) groups is 2. The smallest absolute Gasteiger partial charge is 0.239 e. The average Bonchev–Trinajstić information content (AvgIpc) is 2.78. The number of aromatic nitrogens is 2. The molecule has 0 aliphatic rings. The van der Waals surface area contributed by atoms with Crippen LogP contribution in [0.2, 0.25) is 0 Å². The number of nitrogens with one attached hydrogen (secondary N) is 2. The minimum atomic E-state index is -0.232. The van der Waals surface area contributed by atoms with Gasteiger partial charge in [-0.15, -0.1) is 0 Å². The lowest BCUT2D eigenvalue weighted by atomic mass is 10.3. The molecule has 2 N–H and O–H groups in total. The molecule has 0 bridgehead atoms. The third-order valence-electron chi connectivity index (χ3n) is 2.69. The quantitative estimate of drug-likeness (QED) is 0.835. The highest BCUT2D eigenvalue weighted by atomic mass is 16.2. The molecule has 2 rings (SSSR count). The summed E-state index contributed by atoms with van der Waals surface area (Å²) in [6.45, 7) is 3.70. The van der Waals surface area contributed by atoms with Gasteiger partial charge in [0.1, 0.15) is 5.65 Å². The van der Waals surface area contributed by atoms with Crippen LogP contribution in [0.3, 0.4) is 0 Å². The Kier molecular flexibility index (Phi) is 3.79. The van der Waals surface area contributed by atoms with Crippen molar-refractivity contribution in [2.75, 3.05) is 6.54 Å². The Bertz CT molecular complexity index is 618. The van der Waals surface area contributed by atoms with Crippen LogP contribution < -0.4 is 10.6 Å². The maximum Gasteiger partial charge on any atom is 0.239 e. The first kappa shape index (κ1) is 13.1. The van der Waals surface area contributed by atoms with E-state index in [1.165, 1.54) is 6.92 Å². The molecule has 0 spiro atoms. The molecule has 0 fully saturated rings. The number of imidazole rings is 1. The van der Waals surface area contributed by atoms with Crippen LogP contribution in [0, 0.1) is 6.92 Å². The van der Waals surface area contributed by atoms with Crippen LogP contribution in [-0.2, 0) is 16.1 Å². The number of carbonyl (C=O) groups excluding carboxylic acids is 2. The fourth-order valence-corrected chi connectivity index (χ4v) is 1.75. The Morgan fingerprint density at radius 2 is 2.16 bits per heavy atom. The van der Waals surface area contributed by atoms with E-state index >= 15 is 0 Å². The molecular weight excluding hydrogens is 244 g/mol. The van der Waals surface area contributed by atoms with E-state index in [1.54, 1.807) is 0 Å². The van der Waals surface area contributed by atoms with E-state index in [1.807, 2.05) is 35.9 Å². The normalized spacial score (nSPS) is 10.4. The van der Waals surface area contributed by atoms with Crippen LogP contribution in [0.1, 0.15) is 18.2 Å². The van der Waals surface area contributed by atoms with E-state index in [9.17, 15) is 9.59 Å². The number of rotatable bonds is 4. The molecule has 2 heterocycles. The molecule has 0 unspecified atom stereocenters. The molecule has 0 aromatic carbocycles. The van der Waals surface area contributed by atoms with Crippen molar-refractivity contribution >= 4 is 17.5 Å². The number of pyridine rings is 1. The second-order valence-electron chi connectivity index (χ2n) is 4.34. The molecular formula is C13H16N4O2. The van der Waals surface area contributed by atoms with Crippen molar-refractivity contribution in [3.05, 3.63) is 35.8 Å². The molecule has 2 amide bonds. The Morgan fingerprint density at radius 3 is 2.84 bits per heavy atom. The summed E-state index contributed by atoms with van der Waals surface area (Å²) in [5.74, 6) is -0.456. The molecule has 0 atom stereocenters. The van der Waals surface area contributed by atoms with Crippen LogP contribution in [0.4, 0.5) is 0 Å². The lowest BCUT2D eigenvalue weighted by Gasteiger charge is -2.03. The summed E-state index contributed by atoms with van der Waals surface area (Å²) < 4.78 is 1.92. The van der Waals surface area contributed by atoms with Gasteiger partial charge in [0, 0.05) is 19.3 Å². The second kappa shape index (κ2) is 5.51. The second-order valence-corrected chi connectivity index (χ2v) is 4.34. The number of aryl methyl sites for hydroxylation is 1. The molecule has 2 aromatic rings. The fraction of sp³-hybridized carbons (Fsp3) is 0.308. The van der Waals surface area contributed by atoms with Crippen LogP contribution in [0.15, 0.2) is 24.5 Å². The van der Waals surface area contributed by atoms with Gasteiger partial charge in [0.05, 0.1) is 18.8 Å². The molecule has 19 heavy (non-hydrogen) atoms. The summed E-state index contributed by atoms with van der Waals surface area (Å²) in [4.78, 5) is 26.6. The molecule has 2 aromatic heterocycles. The van der Waals surface area contributed by atoms with Crippen molar-refractivity contribution in [3.8, 4) is 0 Å². The predicted octanol–water partition coefficient (Wildman–Crippen LogP) is 0.395. The topological polar surface area (TPSA) is 75.5 Å². The summed E-state index contributed by atoms with van der Waals surface area (Å²) >= 11 is 0. The van der Waals surface area contributed by atoms with E-state index in [4.69, 9.17) is 0 Å². The minimum absolute atomic E-state index is 0.0122. The third-order valence-corrected chi connectivity index (χ3v) is 2.69. The highest BCUT2D eigenvalue weighted by Gasteiger charge is 2.06. The maximum absolute atomic E-state index is 11.4. The summed E-state index contributed by atoms with van der Waals surface area (Å²) in [6.07, 6.45) is 3.79. The van der Waals surface area contributed by atoms with Crippen molar-refractivity contribution in [1.82, 2.24) is 20.0 Å². The van der Waals surface area contributed by atoms with Gasteiger partial charge in [-0.2, -0.15) is 0 Å². The Balaban J connectivity index is 1.96. The van der Waals surface area contributed by atoms with Crippen molar-refractivity contribution in [2.24, 2.45) is 0 Å². The molecule has 6 heteroatoms. The zero-order chi connectivity index (χ0) is 13.8. The molecule has 0 radical (unpaired) electrons. The highest BCUT2D eigenvalue weighted by Crippen LogP contribution is 2.09. The number of nitrogens with zero attached hydrogens (tertiary/aromatic N) is 2. The lowest BCUT2D eigenvalue weighted by Crippen LogP contribution is -2.35. The van der Waals surface area contributed by atoms with Gasteiger partial charge in [0.2, 0.25) is 11.8 Å². The van der Waals surface area contributed by atoms with Crippen molar-refractivity contribution in [3.63, 3.8) is 0 Å². The standard InChI is InChI=1S/C13H16N4O2/c1-9-4-3-5-17-8-11(16-13(9)17)6-15-12(19)7-14-10(2)18/h3-5,8H,6-7H2,1-2H3,(H,14,18)(H,15,19). The predicted molar refractivity (Wildman–Crippen MR) is 70.5 cm³/mol. The molecule has 6 nitrogen and oxygen atoms in total. The lowest BCUT2D eigenvalue weighted by molar-refractivity contribution is -0.125. The van der Waals surface area contributed by atoms with Crippen LogP contribution in [0.25, 0.3) is 5.65 Å². The van der Waals surface area contributed by atoms with Gasteiger partial charge in [-0.1, -0.05) is 6.07 Å². The van der Waals surface area contributed by atoms with Gasteiger partial charge in [-0.05, 0) is 18.6 Å². The van der Waals surface area contributed by atoms with Crippen molar-refractivity contribution in [2.45, 2.75) is 20.4 Å². The molecule has 0 aliphatic carbocycles. The zero-order valence-electron chi connectivity index (χ0n) is 10.9. The first-order valence-corrected chi connectivity index (χ1v) is 6.00. The van der Waals surface area contributed by atoms with Gasteiger partial charge in [0.25, 0.3) is 0 Å². The molecule has 0 aliphatic heterocycles. The van der Waals surface area contributed by atoms with Gasteiger partial charge < -0.3 is 15.0 Å². The highest BCUT2D eigenvalue weighted by molar-refractivity contribution is 5.83.